The lowest BCUT2D eigenvalue weighted by Crippen LogP contribution is -2.55. The normalized spacial score (nSPS) is 17.1. The van der Waals surface area contributed by atoms with Crippen LogP contribution in [0.4, 0.5) is 32.2 Å². The molecule has 0 radical (unpaired) electrons. The number of imidazole rings is 1. The van der Waals surface area contributed by atoms with Crippen molar-refractivity contribution in [3.63, 3.8) is 0 Å². The molecule has 1 atom stereocenters. The zero-order chi connectivity index (χ0) is 27.4. The Balaban J connectivity index is 1.93. The van der Waals surface area contributed by atoms with Gasteiger partial charge in [-0.2, -0.15) is 18.2 Å². The maximum atomic E-state index is 13.2. The fraction of sp³-hybridized carbons (Fsp3) is 0.391. The van der Waals surface area contributed by atoms with Crippen LogP contribution in [0.25, 0.3) is 0 Å². The largest absolute Gasteiger partial charge is 0.522 e. The van der Waals surface area contributed by atoms with E-state index in [0.717, 1.165) is 16.5 Å². The molecule has 0 saturated carbocycles. The average molecular weight is 534 g/mol. The summed E-state index contributed by atoms with van der Waals surface area (Å²) in [6.07, 6.45) is -8.60. The predicted octanol–water partition coefficient (Wildman–Crippen LogP) is 4.43. The second-order valence-corrected chi connectivity index (χ2v) is 8.02. The van der Waals surface area contributed by atoms with Crippen molar-refractivity contribution in [1.82, 2.24) is 14.5 Å². The molecule has 1 N–H and O–H groups in total. The summed E-state index contributed by atoms with van der Waals surface area (Å²) in [5, 5.41) is 10.5. The quantitative estimate of drug-likeness (QED) is 0.292. The third kappa shape index (κ3) is 7.49. The average Bonchev–Trinajstić information content (AvgIpc) is 3.14. The summed E-state index contributed by atoms with van der Waals surface area (Å²) in [6.45, 7) is 0.0637. The number of rotatable bonds is 9. The maximum absolute atomic E-state index is 13.2. The van der Waals surface area contributed by atoms with Gasteiger partial charge in [0.25, 0.3) is 5.91 Å². The Labute approximate surface area is 208 Å². The van der Waals surface area contributed by atoms with Gasteiger partial charge in [0.1, 0.15) is 5.76 Å². The monoisotopic (exact) mass is 534 g/mol. The number of ether oxygens (including phenoxy) is 2. The van der Waals surface area contributed by atoms with Gasteiger partial charge in [-0.25, -0.2) is 0 Å². The molecule has 1 unspecified atom stereocenters. The number of fused-ring (bicyclic) bond motifs is 1. The molecule has 1 amide bonds. The smallest absolute Gasteiger partial charge is 0.430 e. The third-order valence-corrected chi connectivity index (χ3v) is 5.22. The standard InChI is InChI=1S/C23H24F6N4O4/c1-15(8-6-7-13-36-23(27,28)29)37-20-30-18-17(33(20)14-16-9-4-3-5-10-16)19(34)32(21(35)31(18)2)12-11-22(24,25)26/h3-10,21,35H,11-14H2,1-2H3/b7-6-,15-8+. The summed E-state index contributed by atoms with van der Waals surface area (Å²) in [7, 11) is 1.37. The van der Waals surface area contributed by atoms with E-state index in [4.69, 9.17) is 4.74 Å². The van der Waals surface area contributed by atoms with Crippen molar-refractivity contribution in [3.8, 4) is 6.01 Å². The number of amides is 1. The molecule has 0 spiro atoms. The Morgan fingerprint density at radius 2 is 1.84 bits per heavy atom. The van der Waals surface area contributed by atoms with E-state index in [9.17, 15) is 36.2 Å². The molecule has 3 rings (SSSR count). The van der Waals surface area contributed by atoms with Gasteiger partial charge in [0.15, 0.2) is 11.5 Å². The van der Waals surface area contributed by atoms with Crippen LogP contribution >= 0.6 is 0 Å². The van der Waals surface area contributed by atoms with E-state index in [-0.39, 0.29) is 29.8 Å². The number of hydrogen-bond donors (Lipinski definition) is 1. The Kier molecular flexibility index (Phi) is 8.53. The zero-order valence-corrected chi connectivity index (χ0v) is 19.8. The topological polar surface area (TPSA) is 80.1 Å². The predicted molar refractivity (Wildman–Crippen MR) is 119 cm³/mol. The van der Waals surface area contributed by atoms with Crippen LogP contribution in [0.15, 0.2) is 54.3 Å². The minimum atomic E-state index is -4.77. The number of carbonyl (C=O) groups is 1. The highest BCUT2D eigenvalue weighted by atomic mass is 19.4. The molecule has 1 aliphatic rings. The Morgan fingerprint density at radius 1 is 1.16 bits per heavy atom. The SMILES string of the molecule is C/C(=C\C=C/COC(F)(F)F)Oc1nc2c(n1Cc1ccccc1)C(=O)N(CCC(F)(F)F)C(O)N2C. The summed E-state index contributed by atoms with van der Waals surface area (Å²) in [6, 6.07) is 8.70. The fourth-order valence-electron chi connectivity index (χ4n) is 3.47. The van der Waals surface area contributed by atoms with Gasteiger partial charge >= 0.3 is 18.5 Å². The van der Waals surface area contributed by atoms with Gasteiger partial charge in [0.05, 0.1) is 19.6 Å². The number of halogens is 6. The molecular formula is C23H24F6N4O4. The Hall–Kier alpha value is -3.52. The zero-order valence-electron chi connectivity index (χ0n) is 19.8. The molecule has 2 aromatic rings. The van der Waals surface area contributed by atoms with Crippen LogP contribution in [0.2, 0.25) is 0 Å². The summed E-state index contributed by atoms with van der Waals surface area (Å²) in [5.74, 6) is -0.688. The number of aromatic nitrogens is 2. The third-order valence-electron chi connectivity index (χ3n) is 5.22. The summed E-state index contributed by atoms with van der Waals surface area (Å²) in [5.41, 5.74) is 0.637. The highest BCUT2D eigenvalue weighted by Crippen LogP contribution is 2.34. The lowest BCUT2D eigenvalue weighted by atomic mass is 10.2. The first kappa shape index (κ1) is 28.1. The van der Waals surface area contributed by atoms with Crippen molar-refractivity contribution in [3.05, 3.63) is 65.6 Å². The van der Waals surface area contributed by atoms with Crippen molar-refractivity contribution in [2.45, 2.75) is 38.8 Å². The summed E-state index contributed by atoms with van der Waals surface area (Å²) >= 11 is 0. The van der Waals surface area contributed by atoms with Crippen LogP contribution in [0.1, 0.15) is 29.4 Å². The number of hydrogen-bond acceptors (Lipinski definition) is 6. The first-order chi connectivity index (χ1) is 17.3. The molecule has 8 nitrogen and oxygen atoms in total. The van der Waals surface area contributed by atoms with E-state index in [0.29, 0.717) is 4.90 Å². The molecule has 1 aliphatic heterocycles. The molecule has 14 heteroatoms. The van der Waals surface area contributed by atoms with E-state index in [1.54, 1.807) is 30.3 Å². The van der Waals surface area contributed by atoms with Crippen molar-refractivity contribution in [1.29, 1.82) is 0 Å². The van der Waals surface area contributed by atoms with Gasteiger partial charge in [0.2, 0.25) is 6.35 Å². The molecule has 37 heavy (non-hydrogen) atoms. The van der Waals surface area contributed by atoms with Gasteiger partial charge in [-0.15, -0.1) is 13.2 Å². The van der Waals surface area contributed by atoms with E-state index in [2.05, 4.69) is 9.72 Å². The maximum Gasteiger partial charge on any atom is 0.522 e. The number of alkyl halides is 6. The number of carbonyl (C=O) groups excluding carboxylic acids is 1. The van der Waals surface area contributed by atoms with Crippen LogP contribution in [0.5, 0.6) is 6.01 Å². The number of allylic oxidation sites excluding steroid dienone is 3. The molecule has 0 saturated heterocycles. The van der Waals surface area contributed by atoms with Crippen LogP contribution < -0.4 is 9.64 Å². The first-order valence-electron chi connectivity index (χ1n) is 10.9. The Bertz CT molecular complexity index is 1140. The highest BCUT2D eigenvalue weighted by Gasteiger charge is 2.42. The molecule has 0 bridgehead atoms. The molecule has 1 aromatic carbocycles. The van der Waals surface area contributed by atoms with E-state index in [1.807, 2.05) is 0 Å². The fourth-order valence-corrected chi connectivity index (χ4v) is 3.47. The van der Waals surface area contributed by atoms with E-state index >= 15 is 0 Å². The number of benzene rings is 1. The van der Waals surface area contributed by atoms with Gasteiger partial charge in [-0.3, -0.25) is 19.0 Å². The van der Waals surface area contributed by atoms with Crippen LogP contribution in [-0.4, -0.2) is 64.6 Å². The molecule has 1 aromatic heterocycles. The molecule has 0 aliphatic carbocycles. The van der Waals surface area contributed by atoms with Crippen LogP contribution in [0, 0.1) is 0 Å². The Morgan fingerprint density at radius 3 is 2.46 bits per heavy atom. The second-order valence-electron chi connectivity index (χ2n) is 8.02. The minimum absolute atomic E-state index is 0.00592. The molecule has 202 valence electrons. The van der Waals surface area contributed by atoms with Crippen molar-refractivity contribution in [2.24, 2.45) is 0 Å². The van der Waals surface area contributed by atoms with Crippen LogP contribution in [-0.2, 0) is 11.3 Å². The van der Waals surface area contributed by atoms with E-state index < -0.39 is 44.4 Å². The van der Waals surface area contributed by atoms with Gasteiger partial charge in [0, 0.05) is 13.6 Å². The highest BCUT2D eigenvalue weighted by molar-refractivity contribution is 5.99. The van der Waals surface area contributed by atoms with Gasteiger partial charge in [-0.05, 0) is 18.6 Å². The van der Waals surface area contributed by atoms with Gasteiger partial charge < -0.3 is 14.7 Å². The molecule has 2 heterocycles. The lowest BCUT2D eigenvalue weighted by molar-refractivity contribution is -0.319. The number of anilines is 1. The number of nitrogens with zero attached hydrogens (tertiary/aromatic N) is 4. The lowest BCUT2D eigenvalue weighted by Gasteiger charge is -2.38. The summed E-state index contributed by atoms with van der Waals surface area (Å²) < 4.78 is 85.5. The van der Waals surface area contributed by atoms with Crippen LogP contribution in [0.3, 0.4) is 0 Å². The summed E-state index contributed by atoms with van der Waals surface area (Å²) in [4.78, 5) is 19.4. The number of aliphatic hydroxyl groups is 1. The van der Waals surface area contributed by atoms with Crippen molar-refractivity contribution in [2.75, 3.05) is 25.1 Å². The second kappa shape index (κ2) is 11.3. The van der Waals surface area contributed by atoms with Crippen molar-refractivity contribution >= 4 is 11.7 Å². The molecular weight excluding hydrogens is 510 g/mol. The van der Waals surface area contributed by atoms with E-state index in [1.165, 1.54) is 30.7 Å². The molecule has 0 fully saturated rings. The minimum Gasteiger partial charge on any atom is -0.430 e. The van der Waals surface area contributed by atoms with Crippen molar-refractivity contribution < 1.29 is 45.7 Å². The first-order valence-corrected chi connectivity index (χ1v) is 10.9. The number of aliphatic hydroxyl groups excluding tert-OH is 1. The van der Waals surface area contributed by atoms with Gasteiger partial charge in [-0.1, -0.05) is 42.5 Å².